The maximum absolute atomic E-state index is 12.9. The predicted octanol–water partition coefficient (Wildman–Crippen LogP) is 5.72. The number of nitrogens with one attached hydrogen (secondary N) is 1. The van der Waals surface area contributed by atoms with Crippen LogP contribution in [0.25, 0.3) is 0 Å². The van der Waals surface area contributed by atoms with Gasteiger partial charge in [0.2, 0.25) is 5.91 Å². The number of hydrogen-bond acceptors (Lipinski definition) is 2. The molecule has 0 radical (unpaired) electrons. The lowest BCUT2D eigenvalue weighted by Gasteiger charge is -2.52. The highest BCUT2D eigenvalue weighted by molar-refractivity contribution is 6.30. The number of carbonyl (C=O) groups is 1. The van der Waals surface area contributed by atoms with E-state index in [9.17, 15) is 4.79 Å². The fourth-order valence-corrected chi connectivity index (χ4v) is 5.29. The van der Waals surface area contributed by atoms with Crippen molar-refractivity contribution in [3.63, 3.8) is 0 Å². The molecular weight excluding hydrogens is 382 g/mol. The molecule has 29 heavy (non-hydrogen) atoms. The van der Waals surface area contributed by atoms with E-state index in [0.29, 0.717) is 18.3 Å². The number of amides is 1. The Bertz CT molecular complexity index is 838. The molecule has 1 aliphatic heterocycles. The lowest BCUT2D eigenvalue weighted by atomic mass is 9.66. The SMILES string of the molecule is C[C@H]1CC[C@H]2[C@H](C1)O[C@H](c1ccc(Cl)cc1)C[C@]2(C)NC(=O)Cc1ccccc1. The van der Waals surface area contributed by atoms with Gasteiger partial charge in [-0.1, -0.05) is 67.4 Å². The molecule has 2 aromatic carbocycles. The normalized spacial score (nSPS) is 31.7. The zero-order valence-electron chi connectivity index (χ0n) is 17.2. The molecule has 5 atom stereocenters. The average molecular weight is 412 g/mol. The minimum absolute atomic E-state index is 0.0270. The highest BCUT2D eigenvalue weighted by Crippen LogP contribution is 2.48. The summed E-state index contributed by atoms with van der Waals surface area (Å²) in [6, 6.07) is 17.9. The summed E-state index contributed by atoms with van der Waals surface area (Å²) in [5.41, 5.74) is 1.90. The Balaban J connectivity index is 1.56. The zero-order valence-corrected chi connectivity index (χ0v) is 18.0. The Morgan fingerprint density at radius 3 is 2.59 bits per heavy atom. The van der Waals surface area contributed by atoms with Crippen LogP contribution in [0, 0.1) is 11.8 Å². The molecule has 3 nitrogen and oxygen atoms in total. The largest absolute Gasteiger partial charge is 0.370 e. The lowest BCUT2D eigenvalue weighted by molar-refractivity contribution is -0.153. The fourth-order valence-electron chi connectivity index (χ4n) is 5.17. The van der Waals surface area contributed by atoms with Gasteiger partial charge >= 0.3 is 0 Å². The average Bonchev–Trinajstić information content (AvgIpc) is 2.68. The van der Waals surface area contributed by atoms with Crippen molar-refractivity contribution in [1.82, 2.24) is 5.32 Å². The van der Waals surface area contributed by atoms with E-state index in [2.05, 4.69) is 19.2 Å². The fraction of sp³-hybridized carbons (Fsp3) is 0.480. The smallest absolute Gasteiger partial charge is 0.224 e. The van der Waals surface area contributed by atoms with Crippen LogP contribution in [0.15, 0.2) is 54.6 Å². The first-order chi connectivity index (χ1) is 13.9. The molecule has 2 fully saturated rings. The molecule has 4 rings (SSSR count). The second kappa shape index (κ2) is 8.49. The van der Waals surface area contributed by atoms with E-state index in [4.69, 9.17) is 16.3 Å². The molecule has 0 spiro atoms. The van der Waals surface area contributed by atoms with Gasteiger partial charge in [-0.05, 0) is 48.9 Å². The molecule has 1 saturated carbocycles. The topological polar surface area (TPSA) is 38.3 Å². The van der Waals surface area contributed by atoms with Gasteiger partial charge in [-0.2, -0.15) is 0 Å². The first-order valence-corrected chi connectivity index (χ1v) is 11.1. The third-order valence-electron chi connectivity index (χ3n) is 6.70. The van der Waals surface area contributed by atoms with Crippen molar-refractivity contribution >= 4 is 17.5 Å². The van der Waals surface area contributed by atoms with Crippen molar-refractivity contribution in [3.05, 3.63) is 70.7 Å². The Morgan fingerprint density at radius 1 is 1.14 bits per heavy atom. The van der Waals surface area contributed by atoms with Crippen LogP contribution in [0.3, 0.4) is 0 Å². The van der Waals surface area contributed by atoms with Gasteiger partial charge in [-0.15, -0.1) is 0 Å². The van der Waals surface area contributed by atoms with E-state index in [0.717, 1.165) is 35.4 Å². The molecule has 0 bridgehead atoms. The number of halogens is 1. The van der Waals surface area contributed by atoms with Crippen molar-refractivity contribution < 1.29 is 9.53 Å². The maximum atomic E-state index is 12.9. The van der Waals surface area contributed by atoms with Crippen LogP contribution in [0.4, 0.5) is 0 Å². The summed E-state index contributed by atoms with van der Waals surface area (Å²) < 4.78 is 6.59. The molecular formula is C25H30ClNO2. The molecule has 1 saturated heterocycles. The summed E-state index contributed by atoms with van der Waals surface area (Å²) in [4.78, 5) is 12.9. The van der Waals surface area contributed by atoms with Gasteiger partial charge in [0.1, 0.15) is 0 Å². The minimum atomic E-state index is -0.279. The Labute approximate surface area is 178 Å². The molecule has 0 aromatic heterocycles. The van der Waals surface area contributed by atoms with E-state index in [1.165, 1.54) is 6.42 Å². The van der Waals surface area contributed by atoms with Crippen molar-refractivity contribution in [2.24, 2.45) is 11.8 Å². The molecule has 0 unspecified atom stereocenters. The van der Waals surface area contributed by atoms with Gasteiger partial charge in [0.25, 0.3) is 0 Å². The van der Waals surface area contributed by atoms with E-state index in [1.54, 1.807) is 0 Å². The molecule has 154 valence electrons. The second-order valence-corrected chi connectivity index (χ2v) is 9.51. The molecule has 1 heterocycles. The molecule has 4 heteroatoms. The summed E-state index contributed by atoms with van der Waals surface area (Å²) in [6.45, 7) is 4.52. The molecule has 1 amide bonds. The van der Waals surface area contributed by atoms with Crippen molar-refractivity contribution in [2.75, 3.05) is 0 Å². The number of carbonyl (C=O) groups excluding carboxylic acids is 1. The Kier molecular flexibility index (Phi) is 5.98. The molecule has 1 aliphatic carbocycles. The standard InChI is InChI=1S/C25H30ClNO2/c1-17-8-13-21-22(14-17)29-23(19-9-11-20(26)12-10-19)16-25(21,2)27-24(28)15-18-6-4-3-5-7-18/h3-7,9-12,17,21-23H,8,13-16H2,1-2H3,(H,27,28)/t17-,21-,22-,23-,25-/m0/s1. The summed E-state index contributed by atoms with van der Waals surface area (Å²) in [5, 5.41) is 4.15. The highest BCUT2D eigenvalue weighted by Gasteiger charge is 2.49. The van der Waals surface area contributed by atoms with Crippen molar-refractivity contribution in [1.29, 1.82) is 0 Å². The van der Waals surface area contributed by atoms with Crippen LogP contribution in [-0.2, 0) is 16.0 Å². The van der Waals surface area contributed by atoms with Crippen LogP contribution in [0.5, 0.6) is 0 Å². The van der Waals surface area contributed by atoms with Crippen LogP contribution in [0.2, 0.25) is 5.02 Å². The second-order valence-electron chi connectivity index (χ2n) is 9.07. The van der Waals surface area contributed by atoms with Crippen LogP contribution in [-0.4, -0.2) is 17.6 Å². The summed E-state index contributed by atoms with van der Waals surface area (Å²) in [7, 11) is 0. The molecule has 1 N–H and O–H groups in total. The van der Waals surface area contributed by atoms with E-state index in [1.807, 2.05) is 54.6 Å². The predicted molar refractivity (Wildman–Crippen MR) is 117 cm³/mol. The van der Waals surface area contributed by atoms with E-state index < -0.39 is 0 Å². The third kappa shape index (κ3) is 4.67. The first-order valence-electron chi connectivity index (χ1n) is 10.7. The van der Waals surface area contributed by atoms with Gasteiger partial charge in [0.15, 0.2) is 0 Å². The summed E-state index contributed by atoms with van der Waals surface area (Å²) in [6.07, 6.45) is 4.69. The number of rotatable bonds is 4. The van der Waals surface area contributed by atoms with Gasteiger partial charge in [-0.3, -0.25) is 4.79 Å². The monoisotopic (exact) mass is 411 g/mol. The van der Waals surface area contributed by atoms with Gasteiger partial charge in [0, 0.05) is 22.9 Å². The van der Waals surface area contributed by atoms with Gasteiger partial charge in [-0.25, -0.2) is 0 Å². The molecule has 2 aliphatic rings. The summed E-state index contributed by atoms with van der Waals surface area (Å²) in [5.74, 6) is 1.10. The van der Waals surface area contributed by atoms with Crippen LogP contribution in [0.1, 0.15) is 56.8 Å². The number of benzene rings is 2. The Morgan fingerprint density at radius 2 is 1.86 bits per heavy atom. The van der Waals surface area contributed by atoms with Gasteiger partial charge < -0.3 is 10.1 Å². The quantitative estimate of drug-likeness (QED) is 0.698. The van der Waals surface area contributed by atoms with E-state index in [-0.39, 0.29) is 23.7 Å². The lowest BCUT2D eigenvalue weighted by Crippen LogP contribution is -2.60. The third-order valence-corrected chi connectivity index (χ3v) is 6.95. The zero-order chi connectivity index (χ0) is 20.4. The Hall–Kier alpha value is -1.84. The van der Waals surface area contributed by atoms with Gasteiger partial charge in [0.05, 0.1) is 18.6 Å². The number of ether oxygens (including phenoxy) is 1. The summed E-state index contributed by atoms with van der Waals surface area (Å²) >= 11 is 6.08. The minimum Gasteiger partial charge on any atom is -0.370 e. The van der Waals surface area contributed by atoms with E-state index >= 15 is 0 Å². The number of fused-ring (bicyclic) bond motifs is 1. The highest BCUT2D eigenvalue weighted by atomic mass is 35.5. The molecule has 2 aromatic rings. The first kappa shape index (κ1) is 20.4. The number of hydrogen-bond donors (Lipinski definition) is 1. The van der Waals surface area contributed by atoms with Crippen molar-refractivity contribution in [2.45, 2.75) is 63.7 Å². The van der Waals surface area contributed by atoms with Crippen molar-refractivity contribution in [3.8, 4) is 0 Å². The van der Waals surface area contributed by atoms with Crippen LogP contribution >= 0.6 is 11.6 Å². The maximum Gasteiger partial charge on any atom is 0.224 e. The van der Waals surface area contributed by atoms with Crippen LogP contribution < -0.4 is 5.32 Å².